The smallest absolute Gasteiger partial charge is 0.175 e. The van der Waals surface area contributed by atoms with Gasteiger partial charge < -0.3 is 25.6 Å². The van der Waals surface area contributed by atoms with E-state index in [0.29, 0.717) is 17.9 Å². The number of rotatable bonds is 1. The van der Waals surface area contributed by atoms with Crippen LogP contribution in [0, 0.1) is 11.3 Å². The summed E-state index contributed by atoms with van der Waals surface area (Å²) in [6, 6.07) is 9.79. The SMILES string of the molecule is CN1CC[C@]23C4=C5O[C@H]2[C@](O)(c2ccccc2)C=C(N)[C@H]3[C@H]1CC4=CCC5(N)O. The highest BCUT2D eigenvalue weighted by Gasteiger charge is 2.71. The molecule has 2 heterocycles. The van der Waals surface area contributed by atoms with Gasteiger partial charge in [0, 0.05) is 29.7 Å². The minimum absolute atomic E-state index is 0.0220. The summed E-state index contributed by atoms with van der Waals surface area (Å²) in [5.41, 5.74) is 13.2. The summed E-state index contributed by atoms with van der Waals surface area (Å²) in [5.74, 6) is 0.458. The maximum atomic E-state index is 12.0. The first kappa shape index (κ1) is 17.7. The van der Waals surface area contributed by atoms with Gasteiger partial charge in [-0.05, 0) is 43.6 Å². The first-order valence-electron chi connectivity index (χ1n) is 10.4. The summed E-state index contributed by atoms with van der Waals surface area (Å²) < 4.78 is 6.49. The van der Waals surface area contributed by atoms with Crippen molar-refractivity contribution in [3.63, 3.8) is 0 Å². The molecule has 1 unspecified atom stereocenters. The van der Waals surface area contributed by atoms with Gasteiger partial charge in [-0.25, -0.2) is 0 Å². The van der Waals surface area contributed by atoms with Gasteiger partial charge in [-0.15, -0.1) is 0 Å². The van der Waals surface area contributed by atoms with E-state index in [1.54, 1.807) is 6.08 Å². The molecule has 2 bridgehead atoms. The molecule has 152 valence electrons. The zero-order chi connectivity index (χ0) is 20.2. The number of hydrogen-bond acceptors (Lipinski definition) is 6. The van der Waals surface area contributed by atoms with Crippen LogP contribution in [0.1, 0.15) is 24.8 Å². The lowest BCUT2D eigenvalue weighted by atomic mass is 9.48. The predicted octanol–water partition coefficient (Wildman–Crippen LogP) is 1.07. The molecule has 1 spiro atoms. The van der Waals surface area contributed by atoms with Gasteiger partial charge in [0.2, 0.25) is 0 Å². The number of hydrogen-bond donors (Lipinski definition) is 4. The normalized spacial score (nSPS) is 45.3. The lowest BCUT2D eigenvalue weighted by Gasteiger charge is -2.61. The van der Waals surface area contributed by atoms with Gasteiger partial charge in [-0.2, -0.15) is 0 Å². The fourth-order valence-corrected chi connectivity index (χ4v) is 6.76. The summed E-state index contributed by atoms with van der Waals surface area (Å²) in [7, 11) is 2.14. The van der Waals surface area contributed by atoms with Crippen molar-refractivity contribution in [1.29, 1.82) is 0 Å². The number of aliphatic hydroxyl groups is 2. The highest BCUT2D eigenvalue weighted by molar-refractivity contribution is 5.57. The van der Waals surface area contributed by atoms with Crippen molar-refractivity contribution >= 4 is 0 Å². The molecule has 0 amide bonds. The average molecular weight is 393 g/mol. The number of piperidine rings is 1. The van der Waals surface area contributed by atoms with Crippen LogP contribution in [-0.2, 0) is 10.3 Å². The van der Waals surface area contributed by atoms with Crippen molar-refractivity contribution in [3.8, 4) is 0 Å². The lowest BCUT2D eigenvalue weighted by molar-refractivity contribution is -0.152. The molecular weight excluding hydrogens is 366 g/mol. The van der Waals surface area contributed by atoms with Crippen LogP contribution in [0.2, 0.25) is 0 Å². The number of nitrogens with two attached hydrogens (primary N) is 2. The third kappa shape index (κ3) is 1.96. The van der Waals surface area contributed by atoms with Crippen LogP contribution in [0.3, 0.4) is 0 Å². The van der Waals surface area contributed by atoms with Crippen LogP contribution in [0.25, 0.3) is 0 Å². The molecule has 6 atom stereocenters. The molecule has 0 radical (unpaired) electrons. The molecule has 1 saturated carbocycles. The van der Waals surface area contributed by atoms with E-state index in [2.05, 4.69) is 18.0 Å². The second-order valence-corrected chi connectivity index (χ2v) is 9.42. The van der Waals surface area contributed by atoms with Gasteiger partial charge in [-0.3, -0.25) is 5.73 Å². The Bertz CT molecular complexity index is 998. The Labute approximate surface area is 170 Å². The zero-order valence-corrected chi connectivity index (χ0v) is 16.5. The van der Waals surface area contributed by atoms with Crippen molar-refractivity contribution in [2.45, 2.75) is 42.7 Å². The quantitative estimate of drug-likeness (QED) is 0.532. The summed E-state index contributed by atoms with van der Waals surface area (Å²) >= 11 is 0. The molecule has 1 saturated heterocycles. The van der Waals surface area contributed by atoms with E-state index in [0.717, 1.165) is 30.5 Å². The average Bonchev–Trinajstić information content (AvgIpc) is 3.06. The molecule has 3 aliphatic carbocycles. The molecule has 6 N–H and O–H groups in total. The van der Waals surface area contributed by atoms with Gasteiger partial charge in [-0.1, -0.05) is 36.4 Å². The largest absolute Gasteiger partial charge is 0.485 e. The Balaban J connectivity index is 1.65. The minimum atomic E-state index is -1.56. The van der Waals surface area contributed by atoms with Gasteiger partial charge in [0.05, 0.1) is 5.41 Å². The van der Waals surface area contributed by atoms with E-state index in [1.807, 2.05) is 30.3 Å². The highest BCUT2D eigenvalue weighted by Crippen LogP contribution is 2.68. The molecule has 0 aromatic heterocycles. The van der Waals surface area contributed by atoms with E-state index in [4.69, 9.17) is 16.2 Å². The maximum absolute atomic E-state index is 12.0. The lowest BCUT2D eigenvalue weighted by Crippen LogP contribution is -2.66. The number of ether oxygens (including phenoxy) is 1. The van der Waals surface area contributed by atoms with Crippen LogP contribution in [-0.4, -0.2) is 46.6 Å². The number of benzene rings is 1. The molecule has 6 heteroatoms. The molecule has 1 aromatic carbocycles. The Morgan fingerprint density at radius 2 is 1.97 bits per heavy atom. The fraction of sp³-hybridized carbons (Fsp3) is 0.478. The third-order valence-corrected chi connectivity index (χ3v) is 7.96. The second-order valence-electron chi connectivity index (χ2n) is 9.42. The molecule has 29 heavy (non-hydrogen) atoms. The molecule has 2 aliphatic heterocycles. The van der Waals surface area contributed by atoms with Crippen LogP contribution < -0.4 is 11.5 Å². The summed E-state index contributed by atoms with van der Waals surface area (Å²) in [6.07, 6.45) is 5.23. The molecular formula is C23H27N3O3. The summed E-state index contributed by atoms with van der Waals surface area (Å²) in [4.78, 5) is 2.37. The van der Waals surface area contributed by atoms with Crippen molar-refractivity contribution in [2.75, 3.05) is 13.6 Å². The Morgan fingerprint density at radius 3 is 2.72 bits per heavy atom. The first-order valence-corrected chi connectivity index (χ1v) is 10.4. The zero-order valence-electron chi connectivity index (χ0n) is 16.5. The van der Waals surface area contributed by atoms with E-state index < -0.39 is 22.8 Å². The standard InChI is InChI=1S/C23H27N3O3/c1-26-10-9-21-17-13-7-8-23(25,28)19(17)29-20(21)22(27,14-5-3-2-4-6-14)12-15(24)18(21)16(26)11-13/h2-7,12,16,18,20,27-28H,8-11,24-25H2,1H3/t16-,18+,20-,21-,22-,23?/m1/s1. The molecule has 6 nitrogen and oxygen atoms in total. The Morgan fingerprint density at radius 1 is 1.21 bits per heavy atom. The first-order chi connectivity index (χ1) is 13.8. The molecule has 1 aromatic rings. The van der Waals surface area contributed by atoms with E-state index in [-0.39, 0.29) is 12.0 Å². The van der Waals surface area contributed by atoms with E-state index in [9.17, 15) is 10.2 Å². The Hall–Kier alpha value is -2.12. The number of likely N-dealkylation sites (tertiary alicyclic amines) is 1. The highest BCUT2D eigenvalue weighted by atomic mass is 16.5. The topological polar surface area (TPSA) is 105 Å². The van der Waals surface area contributed by atoms with Gasteiger partial charge in [0.25, 0.3) is 0 Å². The van der Waals surface area contributed by atoms with Crippen molar-refractivity contribution in [3.05, 3.63) is 70.6 Å². The monoisotopic (exact) mass is 393 g/mol. The second kappa shape index (κ2) is 5.32. The van der Waals surface area contributed by atoms with E-state index >= 15 is 0 Å². The molecule has 2 fully saturated rings. The summed E-state index contributed by atoms with van der Waals surface area (Å²) in [5, 5.41) is 23.0. The third-order valence-electron chi connectivity index (χ3n) is 7.96. The van der Waals surface area contributed by atoms with Crippen molar-refractivity contribution < 1.29 is 14.9 Å². The van der Waals surface area contributed by atoms with Gasteiger partial charge >= 0.3 is 0 Å². The van der Waals surface area contributed by atoms with Gasteiger partial charge in [0.15, 0.2) is 5.72 Å². The fourth-order valence-electron chi connectivity index (χ4n) is 6.76. The van der Waals surface area contributed by atoms with Crippen LogP contribution in [0.4, 0.5) is 0 Å². The summed E-state index contributed by atoms with van der Waals surface area (Å²) in [6.45, 7) is 0.881. The van der Waals surface area contributed by atoms with Crippen molar-refractivity contribution in [2.24, 2.45) is 22.8 Å². The van der Waals surface area contributed by atoms with Gasteiger partial charge in [0.1, 0.15) is 17.5 Å². The molecule has 5 aliphatic rings. The Kier molecular flexibility index (Phi) is 3.25. The maximum Gasteiger partial charge on any atom is 0.175 e. The minimum Gasteiger partial charge on any atom is -0.485 e. The van der Waals surface area contributed by atoms with Crippen molar-refractivity contribution in [1.82, 2.24) is 4.90 Å². The number of nitrogens with zero attached hydrogens (tertiary/aromatic N) is 1. The van der Waals surface area contributed by atoms with Crippen LogP contribution in [0.15, 0.2) is 65.1 Å². The van der Waals surface area contributed by atoms with Crippen LogP contribution in [0.5, 0.6) is 0 Å². The van der Waals surface area contributed by atoms with E-state index in [1.165, 1.54) is 5.57 Å². The predicted molar refractivity (Wildman–Crippen MR) is 108 cm³/mol. The molecule has 6 rings (SSSR count). The van der Waals surface area contributed by atoms with Crippen LogP contribution >= 0.6 is 0 Å².